The molecule has 0 saturated carbocycles. The molecule has 4 heteroatoms. The monoisotopic (exact) mass is 258 g/mol. The number of fused-ring (bicyclic) bond motifs is 1. The molecule has 0 spiro atoms. The fourth-order valence-corrected chi connectivity index (χ4v) is 3.39. The molecular formula is C15H18N2O2. The van der Waals surface area contributed by atoms with Crippen LogP contribution in [0.25, 0.3) is 0 Å². The van der Waals surface area contributed by atoms with Crippen molar-refractivity contribution in [3.63, 3.8) is 0 Å². The van der Waals surface area contributed by atoms with Crippen molar-refractivity contribution in [2.45, 2.75) is 19.8 Å². The zero-order valence-corrected chi connectivity index (χ0v) is 11.2. The summed E-state index contributed by atoms with van der Waals surface area (Å²) >= 11 is 0. The third-order valence-electron chi connectivity index (χ3n) is 4.33. The standard InChI is InChI=1S/C15H18N2O2/c1-9-7-16-15(19)14(9)12-8-17(10(2)18)13-6-4-3-5-11(12)13/h3-6,9,12,14H,7-8H2,1-2H3,(H,16,19). The zero-order chi connectivity index (χ0) is 13.6. The summed E-state index contributed by atoms with van der Waals surface area (Å²) in [5, 5.41) is 2.93. The minimum Gasteiger partial charge on any atom is -0.356 e. The molecule has 100 valence electrons. The average Bonchev–Trinajstić information content (AvgIpc) is 2.91. The lowest BCUT2D eigenvalue weighted by Crippen LogP contribution is -2.32. The quantitative estimate of drug-likeness (QED) is 0.830. The highest BCUT2D eigenvalue weighted by Crippen LogP contribution is 2.43. The summed E-state index contributed by atoms with van der Waals surface area (Å²) in [5.41, 5.74) is 2.10. The molecule has 0 aromatic heterocycles. The van der Waals surface area contributed by atoms with Gasteiger partial charge in [-0.3, -0.25) is 9.59 Å². The third kappa shape index (κ3) is 1.82. The first-order valence-electron chi connectivity index (χ1n) is 6.74. The van der Waals surface area contributed by atoms with E-state index >= 15 is 0 Å². The number of nitrogens with one attached hydrogen (secondary N) is 1. The predicted octanol–water partition coefficient (Wildman–Crippen LogP) is 1.52. The van der Waals surface area contributed by atoms with E-state index in [-0.39, 0.29) is 23.7 Å². The first kappa shape index (κ1) is 12.2. The van der Waals surface area contributed by atoms with Crippen LogP contribution in [-0.2, 0) is 9.59 Å². The van der Waals surface area contributed by atoms with Crippen molar-refractivity contribution in [1.82, 2.24) is 5.32 Å². The van der Waals surface area contributed by atoms with Gasteiger partial charge in [-0.25, -0.2) is 0 Å². The van der Waals surface area contributed by atoms with E-state index < -0.39 is 0 Å². The number of amides is 2. The number of hydrogen-bond donors (Lipinski definition) is 1. The van der Waals surface area contributed by atoms with Crippen LogP contribution in [0.2, 0.25) is 0 Å². The van der Waals surface area contributed by atoms with Crippen molar-refractivity contribution in [3.05, 3.63) is 29.8 Å². The van der Waals surface area contributed by atoms with Gasteiger partial charge in [0.2, 0.25) is 11.8 Å². The third-order valence-corrected chi connectivity index (χ3v) is 4.33. The van der Waals surface area contributed by atoms with Gasteiger partial charge < -0.3 is 10.2 Å². The lowest BCUT2D eigenvalue weighted by Gasteiger charge is -2.21. The highest BCUT2D eigenvalue weighted by Gasteiger charge is 2.43. The first-order chi connectivity index (χ1) is 9.09. The normalized spacial score (nSPS) is 29.3. The van der Waals surface area contributed by atoms with Crippen LogP contribution >= 0.6 is 0 Å². The van der Waals surface area contributed by atoms with Crippen LogP contribution in [0.15, 0.2) is 24.3 Å². The van der Waals surface area contributed by atoms with Crippen molar-refractivity contribution in [2.75, 3.05) is 18.0 Å². The van der Waals surface area contributed by atoms with Crippen molar-refractivity contribution in [1.29, 1.82) is 0 Å². The molecule has 19 heavy (non-hydrogen) atoms. The molecule has 2 aliphatic heterocycles. The summed E-state index contributed by atoms with van der Waals surface area (Å²) in [6, 6.07) is 7.93. The minimum atomic E-state index is -0.0227. The van der Waals surface area contributed by atoms with Gasteiger partial charge in [0.05, 0.1) is 5.92 Å². The van der Waals surface area contributed by atoms with Crippen molar-refractivity contribution in [2.24, 2.45) is 11.8 Å². The van der Waals surface area contributed by atoms with Crippen LogP contribution in [0.1, 0.15) is 25.3 Å². The molecule has 2 heterocycles. The number of carbonyl (C=O) groups is 2. The molecule has 0 radical (unpaired) electrons. The molecule has 1 aromatic rings. The number of anilines is 1. The van der Waals surface area contributed by atoms with Gasteiger partial charge in [0.1, 0.15) is 0 Å². The van der Waals surface area contributed by atoms with Crippen LogP contribution < -0.4 is 10.2 Å². The Hall–Kier alpha value is -1.84. The average molecular weight is 258 g/mol. The summed E-state index contributed by atoms with van der Waals surface area (Å²) in [4.78, 5) is 25.6. The molecule has 2 amide bonds. The lowest BCUT2D eigenvalue weighted by atomic mass is 9.81. The number of rotatable bonds is 1. The largest absolute Gasteiger partial charge is 0.356 e. The Bertz CT molecular complexity index is 541. The molecule has 3 rings (SSSR count). The fourth-order valence-electron chi connectivity index (χ4n) is 3.39. The molecule has 4 nitrogen and oxygen atoms in total. The van der Waals surface area contributed by atoms with E-state index in [1.165, 1.54) is 0 Å². The second-order valence-corrected chi connectivity index (χ2v) is 5.54. The predicted molar refractivity (Wildman–Crippen MR) is 72.9 cm³/mol. The maximum absolute atomic E-state index is 12.0. The SMILES string of the molecule is CC(=O)N1CC(C2C(=O)NCC2C)c2ccccc21. The Balaban J connectivity index is 2.01. The topological polar surface area (TPSA) is 49.4 Å². The van der Waals surface area contributed by atoms with Crippen molar-refractivity contribution in [3.8, 4) is 0 Å². The Morgan fingerprint density at radius 3 is 2.74 bits per heavy atom. The number of carbonyl (C=O) groups excluding carboxylic acids is 2. The summed E-state index contributed by atoms with van der Waals surface area (Å²) in [5.74, 6) is 0.583. The molecule has 1 fully saturated rings. The van der Waals surface area contributed by atoms with Crippen LogP contribution in [0.3, 0.4) is 0 Å². The molecule has 2 aliphatic rings. The van der Waals surface area contributed by atoms with Gasteiger partial charge in [-0.05, 0) is 17.5 Å². The zero-order valence-electron chi connectivity index (χ0n) is 11.2. The highest BCUT2D eigenvalue weighted by molar-refractivity contribution is 5.95. The molecule has 1 saturated heterocycles. The van der Waals surface area contributed by atoms with Gasteiger partial charge >= 0.3 is 0 Å². The number of nitrogens with zero attached hydrogens (tertiary/aromatic N) is 1. The van der Waals surface area contributed by atoms with E-state index in [4.69, 9.17) is 0 Å². The maximum Gasteiger partial charge on any atom is 0.224 e. The molecule has 3 unspecified atom stereocenters. The van der Waals surface area contributed by atoms with Crippen molar-refractivity contribution >= 4 is 17.5 Å². The van der Waals surface area contributed by atoms with Gasteiger partial charge in [-0.15, -0.1) is 0 Å². The second-order valence-electron chi connectivity index (χ2n) is 5.54. The first-order valence-corrected chi connectivity index (χ1v) is 6.74. The Labute approximate surface area is 112 Å². The smallest absolute Gasteiger partial charge is 0.224 e. The molecule has 0 bridgehead atoms. The van der Waals surface area contributed by atoms with Crippen LogP contribution in [0.4, 0.5) is 5.69 Å². The molecular weight excluding hydrogens is 240 g/mol. The Morgan fingerprint density at radius 2 is 2.11 bits per heavy atom. The maximum atomic E-state index is 12.0. The van der Waals surface area contributed by atoms with Gasteiger partial charge in [0.25, 0.3) is 0 Å². The van der Waals surface area contributed by atoms with Gasteiger partial charge in [0.15, 0.2) is 0 Å². The van der Waals surface area contributed by atoms with E-state index in [0.717, 1.165) is 17.8 Å². The number of benzene rings is 1. The highest BCUT2D eigenvalue weighted by atomic mass is 16.2. The Morgan fingerprint density at radius 1 is 1.37 bits per heavy atom. The van der Waals surface area contributed by atoms with Crippen LogP contribution in [0.5, 0.6) is 0 Å². The van der Waals surface area contributed by atoms with E-state index in [2.05, 4.69) is 12.2 Å². The minimum absolute atomic E-state index is 0.0227. The second kappa shape index (κ2) is 4.37. The van der Waals surface area contributed by atoms with Crippen LogP contribution in [-0.4, -0.2) is 24.9 Å². The fraction of sp³-hybridized carbons (Fsp3) is 0.467. The molecule has 0 aliphatic carbocycles. The van der Waals surface area contributed by atoms with E-state index in [1.54, 1.807) is 11.8 Å². The van der Waals surface area contributed by atoms with Gasteiger partial charge in [-0.2, -0.15) is 0 Å². The number of hydrogen-bond acceptors (Lipinski definition) is 2. The number of para-hydroxylation sites is 1. The van der Waals surface area contributed by atoms with Crippen LogP contribution in [0, 0.1) is 11.8 Å². The lowest BCUT2D eigenvalue weighted by molar-refractivity contribution is -0.123. The molecule has 1 aromatic carbocycles. The summed E-state index contributed by atoms with van der Waals surface area (Å²) in [7, 11) is 0. The summed E-state index contributed by atoms with van der Waals surface area (Å²) in [6.45, 7) is 5.04. The molecule has 3 atom stereocenters. The molecule has 1 N–H and O–H groups in total. The van der Waals surface area contributed by atoms with Gasteiger partial charge in [0, 0.05) is 31.6 Å². The van der Waals surface area contributed by atoms with E-state index in [9.17, 15) is 9.59 Å². The summed E-state index contributed by atoms with van der Waals surface area (Å²) < 4.78 is 0. The van der Waals surface area contributed by atoms with Gasteiger partial charge in [-0.1, -0.05) is 25.1 Å². The van der Waals surface area contributed by atoms with E-state index in [0.29, 0.717) is 12.5 Å². The van der Waals surface area contributed by atoms with E-state index in [1.807, 2.05) is 24.3 Å². The Kier molecular flexibility index (Phi) is 2.81. The summed E-state index contributed by atoms with van der Waals surface area (Å²) in [6.07, 6.45) is 0. The van der Waals surface area contributed by atoms with Crippen molar-refractivity contribution < 1.29 is 9.59 Å².